The first-order chi connectivity index (χ1) is 18.5. The van der Waals surface area contributed by atoms with E-state index in [2.05, 4.69) is 8.75 Å². The van der Waals surface area contributed by atoms with E-state index in [0.29, 0.717) is 34.5 Å². The largest absolute Gasteiger partial charge is 1.00 e. The predicted octanol–water partition coefficient (Wildman–Crippen LogP) is 2.21. The third-order valence-electron chi connectivity index (χ3n) is 6.19. The Morgan fingerprint density at radius 1 is 0.795 bits per heavy atom. The molecule has 0 fully saturated rings. The van der Waals surface area contributed by atoms with Crippen LogP contribution in [0.3, 0.4) is 0 Å². The Labute approximate surface area is 252 Å². The summed E-state index contributed by atoms with van der Waals surface area (Å²) in [6, 6.07) is 29.2. The average molecular weight is 543 g/mol. The minimum absolute atomic E-state index is 0. The summed E-state index contributed by atoms with van der Waals surface area (Å²) in [7, 11) is 0. The van der Waals surface area contributed by atoms with Crippen LogP contribution in [-0.4, -0.2) is 20.5 Å². The van der Waals surface area contributed by atoms with Gasteiger partial charge in [-0.15, -0.1) is 0 Å². The SMILES string of the molecule is Cc1ccc(C(=O)/C(Cc2ccc(OCc3ccccc3)cc2)=C(/C(=O)[O-])c2ccc3nsnc3c2)cc1.[Na+]. The number of Topliss-reactive ketones (excluding diaryl/α,β-unsaturated/α-hetero) is 1. The van der Waals surface area contributed by atoms with Crippen LogP contribution in [0.15, 0.2) is 103 Å². The molecular weight excluding hydrogens is 519 g/mol. The number of allylic oxidation sites excluding steroid dienone is 1. The second-order valence-corrected chi connectivity index (χ2v) is 9.43. The number of aromatic nitrogens is 2. The minimum atomic E-state index is -1.43. The van der Waals surface area contributed by atoms with E-state index in [4.69, 9.17) is 4.74 Å². The number of nitrogens with zero attached hydrogens (tertiary/aromatic N) is 2. The molecular formula is C31H23N2NaO4S. The monoisotopic (exact) mass is 542 g/mol. The zero-order chi connectivity index (χ0) is 26.5. The molecule has 8 heteroatoms. The second kappa shape index (κ2) is 13.0. The van der Waals surface area contributed by atoms with Crippen molar-refractivity contribution in [3.8, 4) is 5.75 Å². The van der Waals surface area contributed by atoms with E-state index in [0.717, 1.165) is 28.4 Å². The zero-order valence-corrected chi connectivity index (χ0v) is 24.4. The molecule has 0 aliphatic rings. The van der Waals surface area contributed by atoms with Crippen molar-refractivity contribution in [1.29, 1.82) is 0 Å². The molecule has 0 amide bonds. The van der Waals surface area contributed by atoms with Crippen LogP contribution in [0.4, 0.5) is 0 Å². The van der Waals surface area contributed by atoms with Crippen LogP contribution in [-0.2, 0) is 17.8 Å². The number of carboxylic acids is 1. The molecule has 0 radical (unpaired) electrons. The maximum Gasteiger partial charge on any atom is 1.00 e. The van der Waals surface area contributed by atoms with Gasteiger partial charge in [0.25, 0.3) is 0 Å². The van der Waals surface area contributed by atoms with Crippen molar-refractivity contribution in [2.24, 2.45) is 0 Å². The maximum absolute atomic E-state index is 13.7. The molecule has 5 rings (SSSR count). The maximum atomic E-state index is 13.7. The number of carbonyl (C=O) groups is 2. The fourth-order valence-corrected chi connectivity index (χ4v) is 4.68. The molecule has 0 aliphatic carbocycles. The van der Waals surface area contributed by atoms with Gasteiger partial charge in [-0.05, 0) is 47.9 Å². The molecule has 0 atom stereocenters. The molecule has 0 aliphatic heterocycles. The van der Waals surface area contributed by atoms with Crippen LogP contribution in [0, 0.1) is 6.92 Å². The van der Waals surface area contributed by atoms with Crippen molar-refractivity contribution in [3.05, 3.63) is 130 Å². The number of carbonyl (C=O) groups excluding carboxylic acids is 2. The quantitative estimate of drug-likeness (QED) is 0.161. The topological polar surface area (TPSA) is 92.2 Å². The van der Waals surface area contributed by atoms with E-state index in [9.17, 15) is 14.7 Å². The van der Waals surface area contributed by atoms with Crippen molar-refractivity contribution >= 4 is 40.1 Å². The molecule has 1 heterocycles. The summed E-state index contributed by atoms with van der Waals surface area (Å²) in [5.41, 5.74) is 4.78. The van der Waals surface area contributed by atoms with Crippen molar-refractivity contribution in [2.45, 2.75) is 20.0 Å². The number of hydrogen-bond acceptors (Lipinski definition) is 7. The molecule has 4 aromatic carbocycles. The molecule has 1 aromatic heterocycles. The number of ether oxygens (including phenoxy) is 1. The number of ketones is 1. The molecule has 39 heavy (non-hydrogen) atoms. The normalized spacial score (nSPS) is 11.4. The van der Waals surface area contributed by atoms with Gasteiger partial charge >= 0.3 is 29.6 Å². The van der Waals surface area contributed by atoms with E-state index in [-0.39, 0.29) is 52.9 Å². The summed E-state index contributed by atoms with van der Waals surface area (Å²) in [6.45, 7) is 2.36. The standard InChI is InChI=1S/C31H24N2O4S.Na/c1-20-7-11-23(12-8-20)30(34)26(29(31(35)36)24-13-16-27-28(18-24)33-38-32-27)17-21-9-14-25(15-10-21)37-19-22-5-3-2-4-6-22;/h2-16,18H,17,19H2,1H3,(H,35,36);/q;+1/p-1/b29-26+;. The summed E-state index contributed by atoms with van der Waals surface area (Å²) in [6.07, 6.45) is 0.0995. The molecule has 0 bridgehead atoms. The Balaban J connectivity index is 0.00000353. The third-order valence-corrected chi connectivity index (χ3v) is 6.75. The molecule has 0 spiro atoms. The number of rotatable bonds is 9. The first-order valence-corrected chi connectivity index (χ1v) is 12.7. The average Bonchev–Trinajstić information content (AvgIpc) is 3.41. The smallest absolute Gasteiger partial charge is 0.545 e. The Kier molecular flexibility index (Phi) is 9.43. The summed E-state index contributed by atoms with van der Waals surface area (Å²) in [5, 5.41) is 12.5. The van der Waals surface area contributed by atoms with Crippen LogP contribution in [0.25, 0.3) is 16.6 Å². The van der Waals surface area contributed by atoms with E-state index in [1.807, 2.05) is 73.7 Å². The van der Waals surface area contributed by atoms with Gasteiger partial charge in [-0.2, -0.15) is 8.75 Å². The molecule has 0 saturated carbocycles. The molecule has 0 N–H and O–H groups in total. The number of aryl methyl sites for hydroxylation is 1. The van der Waals surface area contributed by atoms with E-state index in [1.54, 1.807) is 30.3 Å². The van der Waals surface area contributed by atoms with Crippen LogP contribution in [0.2, 0.25) is 0 Å². The van der Waals surface area contributed by atoms with Gasteiger partial charge in [0.1, 0.15) is 23.4 Å². The van der Waals surface area contributed by atoms with Crippen LogP contribution >= 0.6 is 11.7 Å². The Hall–Kier alpha value is -3.62. The van der Waals surface area contributed by atoms with Crippen LogP contribution < -0.4 is 39.4 Å². The van der Waals surface area contributed by atoms with E-state index < -0.39 is 5.97 Å². The van der Waals surface area contributed by atoms with E-state index in [1.165, 1.54) is 0 Å². The van der Waals surface area contributed by atoms with Gasteiger partial charge in [0.05, 0.1) is 17.7 Å². The summed E-state index contributed by atoms with van der Waals surface area (Å²) in [5.74, 6) is -1.12. The van der Waals surface area contributed by atoms with Gasteiger partial charge in [-0.1, -0.05) is 78.4 Å². The number of hydrogen-bond donors (Lipinski definition) is 0. The van der Waals surface area contributed by atoms with Crippen LogP contribution in [0.1, 0.15) is 32.6 Å². The number of benzene rings is 4. The summed E-state index contributed by atoms with van der Waals surface area (Å²) < 4.78 is 14.3. The first kappa shape index (κ1) is 28.4. The van der Waals surface area contributed by atoms with E-state index >= 15 is 0 Å². The van der Waals surface area contributed by atoms with Gasteiger partial charge in [-0.25, -0.2) is 0 Å². The van der Waals surface area contributed by atoms with Crippen LogP contribution in [0.5, 0.6) is 5.75 Å². The van der Waals surface area contributed by atoms with Crippen molar-refractivity contribution in [1.82, 2.24) is 8.75 Å². The Morgan fingerprint density at radius 3 is 2.15 bits per heavy atom. The molecule has 0 saturated heterocycles. The predicted molar refractivity (Wildman–Crippen MR) is 146 cm³/mol. The zero-order valence-electron chi connectivity index (χ0n) is 21.6. The van der Waals surface area contributed by atoms with Crippen molar-refractivity contribution in [2.75, 3.05) is 0 Å². The van der Waals surface area contributed by atoms with Gasteiger partial charge in [0.2, 0.25) is 0 Å². The van der Waals surface area contributed by atoms with Crippen molar-refractivity contribution in [3.63, 3.8) is 0 Å². The fourth-order valence-electron chi connectivity index (χ4n) is 4.16. The fraction of sp³-hybridized carbons (Fsp3) is 0.0968. The number of aliphatic carboxylic acids is 1. The van der Waals surface area contributed by atoms with Crippen molar-refractivity contribution < 1.29 is 49.0 Å². The van der Waals surface area contributed by atoms with Gasteiger partial charge < -0.3 is 14.6 Å². The third kappa shape index (κ3) is 6.88. The molecule has 6 nitrogen and oxygen atoms in total. The second-order valence-electron chi connectivity index (χ2n) is 8.90. The summed E-state index contributed by atoms with van der Waals surface area (Å²) in [4.78, 5) is 26.2. The first-order valence-electron chi connectivity index (χ1n) is 12.0. The number of fused-ring (bicyclic) bond motifs is 1. The summed E-state index contributed by atoms with van der Waals surface area (Å²) >= 11 is 1.04. The molecule has 5 aromatic rings. The minimum Gasteiger partial charge on any atom is -0.545 e. The molecule has 0 unspecified atom stereocenters. The molecule has 188 valence electrons. The van der Waals surface area contributed by atoms with Gasteiger partial charge in [0, 0.05) is 23.1 Å². The Morgan fingerprint density at radius 2 is 1.46 bits per heavy atom. The van der Waals surface area contributed by atoms with Gasteiger partial charge in [0.15, 0.2) is 5.78 Å². The van der Waals surface area contributed by atoms with Gasteiger partial charge in [-0.3, -0.25) is 4.79 Å². The number of carboxylic acid groups (broad SMARTS) is 1. The Bertz CT molecular complexity index is 1630.